The van der Waals surface area contributed by atoms with Crippen molar-refractivity contribution in [3.05, 3.63) is 75.4 Å². The normalized spacial score (nSPS) is 11.0. The summed E-state index contributed by atoms with van der Waals surface area (Å²) in [4.78, 5) is 35.7. The van der Waals surface area contributed by atoms with E-state index in [4.69, 9.17) is 5.11 Å². The predicted octanol–water partition coefficient (Wildman–Crippen LogP) is 3.19. The smallest absolute Gasteiger partial charge is 0.352 e. The van der Waals surface area contributed by atoms with Crippen LogP contribution < -0.4 is 10.6 Å². The Bertz CT molecular complexity index is 940. The molecule has 0 aromatic heterocycles. The number of allylic oxidation sites excluding steroid dienone is 1. The maximum absolute atomic E-state index is 12.3. The third kappa shape index (κ3) is 5.68. The lowest BCUT2D eigenvalue weighted by atomic mass is 10.1. The fraction of sp³-hybridized carbons (Fsp3) is 0.150. The topological polar surface area (TPSA) is 116 Å². The first kappa shape index (κ1) is 21.2. The minimum Gasteiger partial charge on any atom is -0.508 e. The Morgan fingerprint density at radius 3 is 2.46 bits per heavy atom. The zero-order valence-corrected chi connectivity index (χ0v) is 16.6. The van der Waals surface area contributed by atoms with Gasteiger partial charge in [0.2, 0.25) is 0 Å². The molecular formula is C20H19BrN2O5. The second-order valence-corrected chi connectivity index (χ2v) is 6.69. The summed E-state index contributed by atoms with van der Waals surface area (Å²) < 4.78 is 0.358. The van der Waals surface area contributed by atoms with Gasteiger partial charge in [0.1, 0.15) is 11.4 Å². The Labute approximate surface area is 170 Å². The number of benzene rings is 2. The summed E-state index contributed by atoms with van der Waals surface area (Å²) in [7, 11) is 0. The van der Waals surface area contributed by atoms with E-state index in [1.54, 1.807) is 25.1 Å². The highest BCUT2D eigenvalue weighted by Gasteiger charge is 2.17. The van der Waals surface area contributed by atoms with Crippen LogP contribution in [0.15, 0.2) is 58.7 Å². The first-order chi connectivity index (χ1) is 13.3. The quantitative estimate of drug-likeness (QED) is 0.487. The lowest BCUT2D eigenvalue weighted by Gasteiger charge is -2.10. The van der Waals surface area contributed by atoms with Gasteiger partial charge in [-0.1, -0.05) is 25.1 Å². The Balaban J connectivity index is 2.08. The molecule has 2 rings (SSSR count). The van der Waals surface area contributed by atoms with Crippen LogP contribution in [0, 0.1) is 0 Å². The molecule has 0 saturated carbocycles. The van der Waals surface area contributed by atoms with Crippen LogP contribution in [0.2, 0.25) is 0 Å². The SMILES string of the molecule is CC/C=C(/NC(=O)c1ccc(C(=O)NCc2cccc(O)c2)cc1Br)C(=O)O. The lowest BCUT2D eigenvalue weighted by molar-refractivity contribution is -0.133. The van der Waals surface area contributed by atoms with Gasteiger partial charge >= 0.3 is 5.97 Å². The molecule has 2 aromatic rings. The Hall–Kier alpha value is -3.13. The van der Waals surface area contributed by atoms with E-state index in [1.165, 1.54) is 30.3 Å². The number of carboxylic acid groups (broad SMARTS) is 1. The molecule has 146 valence electrons. The number of phenolic OH excluding ortho intramolecular Hbond substituents is 1. The van der Waals surface area contributed by atoms with Crippen LogP contribution in [0.4, 0.5) is 0 Å². The molecule has 8 heteroatoms. The van der Waals surface area contributed by atoms with Gasteiger partial charge < -0.3 is 20.8 Å². The van der Waals surface area contributed by atoms with Gasteiger partial charge in [-0.3, -0.25) is 9.59 Å². The van der Waals surface area contributed by atoms with Crippen LogP contribution >= 0.6 is 15.9 Å². The van der Waals surface area contributed by atoms with Crippen molar-refractivity contribution in [2.45, 2.75) is 19.9 Å². The molecule has 0 aliphatic heterocycles. The zero-order chi connectivity index (χ0) is 20.7. The van der Waals surface area contributed by atoms with Gasteiger partial charge in [-0.25, -0.2) is 4.79 Å². The fourth-order valence-electron chi connectivity index (χ4n) is 2.38. The van der Waals surface area contributed by atoms with Gasteiger partial charge in [-0.15, -0.1) is 0 Å². The number of carbonyl (C=O) groups excluding carboxylic acids is 2. The first-order valence-corrected chi connectivity index (χ1v) is 9.21. The van der Waals surface area contributed by atoms with Gasteiger partial charge in [0, 0.05) is 16.6 Å². The fourth-order valence-corrected chi connectivity index (χ4v) is 2.94. The lowest BCUT2D eigenvalue weighted by Crippen LogP contribution is -2.28. The van der Waals surface area contributed by atoms with Crippen molar-refractivity contribution in [1.82, 2.24) is 10.6 Å². The summed E-state index contributed by atoms with van der Waals surface area (Å²) in [6, 6.07) is 10.9. The summed E-state index contributed by atoms with van der Waals surface area (Å²) in [5.74, 6) is -2.06. The molecule has 0 saturated heterocycles. The van der Waals surface area contributed by atoms with E-state index in [0.717, 1.165) is 5.56 Å². The number of amides is 2. The molecule has 0 bridgehead atoms. The maximum Gasteiger partial charge on any atom is 0.352 e. The Kier molecular flexibility index (Phi) is 7.34. The van der Waals surface area contributed by atoms with E-state index in [-0.39, 0.29) is 29.5 Å². The average molecular weight is 447 g/mol. The molecule has 4 N–H and O–H groups in total. The molecule has 0 unspecified atom stereocenters. The van der Waals surface area contributed by atoms with E-state index in [0.29, 0.717) is 16.5 Å². The number of rotatable bonds is 7. The third-order valence-electron chi connectivity index (χ3n) is 3.73. The molecule has 0 fully saturated rings. The number of carboxylic acids is 1. The highest BCUT2D eigenvalue weighted by Crippen LogP contribution is 2.19. The van der Waals surface area contributed by atoms with Crippen LogP contribution in [0.3, 0.4) is 0 Å². The van der Waals surface area contributed by atoms with Crippen molar-refractivity contribution < 1.29 is 24.6 Å². The monoisotopic (exact) mass is 446 g/mol. The predicted molar refractivity (Wildman–Crippen MR) is 107 cm³/mol. The van der Waals surface area contributed by atoms with Crippen molar-refractivity contribution in [2.75, 3.05) is 0 Å². The molecule has 0 aliphatic carbocycles. The molecule has 0 radical (unpaired) electrons. The van der Waals surface area contributed by atoms with E-state index in [9.17, 15) is 19.5 Å². The number of aliphatic carboxylic acids is 1. The Morgan fingerprint density at radius 1 is 1.11 bits per heavy atom. The minimum atomic E-state index is -1.23. The Morgan fingerprint density at radius 2 is 1.86 bits per heavy atom. The second-order valence-electron chi connectivity index (χ2n) is 5.83. The van der Waals surface area contributed by atoms with Crippen LogP contribution in [-0.2, 0) is 11.3 Å². The molecule has 0 spiro atoms. The summed E-state index contributed by atoms with van der Waals surface area (Å²) in [6.07, 6.45) is 1.86. The number of halogens is 1. The molecule has 0 atom stereocenters. The van der Waals surface area contributed by atoms with Gasteiger partial charge in [0.05, 0.1) is 5.56 Å². The molecule has 2 aromatic carbocycles. The van der Waals surface area contributed by atoms with E-state index < -0.39 is 11.9 Å². The van der Waals surface area contributed by atoms with Gasteiger partial charge in [0.15, 0.2) is 0 Å². The molecule has 28 heavy (non-hydrogen) atoms. The maximum atomic E-state index is 12.3. The molecular weight excluding hydrogens is 428 g/mol. The van der Waals surface area contributed by atoms with Crippen molar-refractivity contribution in [2.24, 2.45) is 0 Å². The van der Waals surface area contributed by atoms with Crippen LogP contribution in [0.5, 0.6) is 5.75 Å². The minimum absolute atomic E-state index is 0.114. The van der Waals surface area contributed by atoms with Gasteiger partial charge in [-0.05, 0) is 58.2 Å². The second kappa shape index (κ2) is 9.70. The third-order valence-corrected chi connectivity index (χ3v) is 4.38. The number of phenols is 1. The first-order valence-electron chi connectivity index (χ1n) is 8.42. The standard InChI is InChI=1S/C20H19BrN2O5/c1-2-4-17(20(27)28)23-19(26)15-8-7-13(10-16(15)21)18(25)22-11-12-5-3-6-14(24)9-12/h3-10,24H,2,11H2,1H3,(H,22,25)(H,23,26)(H,27,28)/b17-4+. The van der Waals surface area contributed by atoms with E-state index in [2.05, 4.69) is 26.6 Å². The largest absolute Gasteiger partial charge is 0.508 e. The summed E-state index contributed by atoms with van der Waals surface area (Å²) in [6.45, 7) is 1.99. The highest BCUT2D eigenvalue weighted by atomic mass is 79.9. The summed E-state index contributed by atoms with van der Waals surface area (Å²) in [5, 5.41) is 23.6. The summed E-state index contributed by atoms with van der Waals surface area (Å²) >= 11 is 3.25. The van der Waals surface area contributed by atoms with Crippen LogP contribution in [-0.4, -0.2) is 28.0 Å². The van der Waals surface area contributed by atoms with Crippen molar-refractivity contribution >= 4 is 33.7 Å². The number of aromatic hydroxyl groups is 1. The molecule has 2 amide bonds. The van der Waals surface area contributed by atoms with Gasteiger partial charge in [0.25, 0.3) is 11.8 Å². The van der Waals surface area contributed by atoms with E-state index in [1.807, 2.05) is 0 Å². The van der Waals surface area contributed by atoms with Crippen LogP contribution in [0.1, 0.15) is 39.6 Å². The summed E-state index contributed by atoms with van der Waals surface area (Å²) in [5.41, 5.74) is 1.07. The van der Waals surface area contributed by atoms with Gasteiger partial charge in [-0.2, -0.15) is 0 Å². The van der Waals surface area contributed by atoms with Crippen molar-refractivity contribution in [1.29, 1.82) is 0 Å². The van der Waals surface area contributed by atoms with Crippen molar-refractivity contribution in [3.8, 4) is 5.75 Å². The number of nitrogens with one attached hydrogen (secondary N) is 2. The zero-order valence-electron chi connectivity index (χ0n) is 15.0. The van der Waals surface area contributed by atoms with E-state index >= 15 is 0 Å². The molecule has 0 heterocycles. The van der Waals surface area contributed by atoms with Crippen LogP contribution in [0.25, 0.3) is 0 Å². The number of hydrogen-bond acceptors (Lipinski definition) is 4. The molecule has 7 nitrogen and oxygen atoms in total. The number of carbonyl (C=O) groups is 3. The average Bonchev–Trinajstić information content (AvgIpc) is 2.65. The number of hydrogen-bond donors (Lipinski definition) is 4. The molecule has 0 aliphatic rings. The highest BCUT2D eigenvalue weighted by molar-refractivity contribution is 9.10. The van der Waals surface area contributed by atoms with Crippen molar-refractivity contribution in [3.63, 3.8) is 0 Å².